The maximum atomic E-state index is 12.3. The molecule has 9 heteroatoms. The molecule has 0 unspecified atom stereocenters. The Labute approximate surface area is 168 Å². The summed E-state index contributed by atoms with van der Waals surface area (Å²) in [6.45, 7) is 5.32. The number of hydrogen-bond acceptors (Lipinski definition) is 5. The molecule has 0 spiro atoms. The fourth-order valence-corrected chi connectivity index (χ4v) is 4.29. The van der Waals surface area contributed by atoms with Gasteiger partial charge in [0.05, 0.1) is 4.90 Å². The van der Waals surface area contributed by atoms with E-state index in [4.69, 9.17) is 12.2 Å². The van der Waals surface area contributed by atoms with E-state index in [1.807, 2.05) is 17.5 Å². The predicted octanol–water partition coefficient (Wildman–Crippen LogP) is 3.35. The van der Waals surface area contributed by atoms with Crippen LogP contribution >= 0.6 is 23.6 Å². The highest BCUT2D eigenvalue weighted by Crippen LogP contribution is 2.16. The van der Waals surface area contributed by atoms with Crippen molar-refractivity contribution in [1.82, 2.24) is 10.0 Å². The first kappa shape index (κ1) is 21.2. The Balaban J connectivity index is 1.94. The lowest BCUT2D eigenvalue weighted by atomic mass is 10.1. The summed E-state index contributed by atoms with van der Waals surface area (Å²) in [5.74, 6) is -0.352. The minimum Gasteiger partial charge on any atom is -0.332 e. The number of carbonyl (C=O) groups excluding carboxylic acids is 1. The van der Waals surface area contributed by atoms with Gasteiger partial charge in [-0.05, 0) is 74.8 Å². The molecule has 0 bridgehead atoms. The van der Waals surface area contributed by atoms with Crippen molar-refractivity contribution in [3.05, 3.63) is 52.7 Å². The third-order valence-electron chi connectivity index (χ3n) is 3.04. The van der Waals surface area contributed by atoms with Crippen LogP contribution in [0.25, 0.3) is 6.08 Å². The number of carbonyl (C=O) groups is 1. The van der Waals surface area contributed by atoms with Crippen molar-refractivity contribution in [3.8, 4) is 0 Å². The number of nitrogens with one attached hydrogen (secondary N) is 3. The van der Waals surface area contributed by atoms with Crippen LogP contribution in [0.5, 0.6) is 0 Å². The minimum atomic E-state index is -3.60. The number of thiocarbonyl (C=S) groups is 1. The molecule has 0 saturated carbocycles. The van der Waals surface area contributed by atoms with E-state index in [2.05, 4.69) is 15.4 Å². The van der Waals surface area contributed by atoms with Crippen molar-refractivity contribution in [2.45, 2.75) is 31.2 Å². The fourth-order valence-electron chi connectivity index (χ4n) is 2.04. The lowest BCUT2D eigenvalue weighted by Gasteiger charge is -2.20. The number of hydrogen-bond donors (Lipinski definition) is 3. The Hall–Kier alpha value is -2.07. The molecular formula is C18H21N3O3S3. The molecule has 0 atom stereocenters. The summed E-state index contributed by atoms with van der Waals surface area (Å²) < 4.78 is 27.1. The molecule has 0 aliphatic carbocycles. The molecule has 0 saturated heterocycles. The second kappa shape index (κ2) is 8.75. The molecule has 144 valence electrons. The molecule has 2 aromatic rings. The highest BCUT2D eigenvalue weighted by Gasteiger charge is 2.21. The van der Waals surface area contributed by atoms with E-state index >= 15 is 0 Å². The SMILES string of the molecule is CC(C)(C)NS(=O)(=O)c1ccc(NC(=S)NC(=O)/C=C/c2cccs2)cc1. The van der Waals surface area contributed by atoms with Crippen molar-refractivity contribution >= 4 is 56.4 Å². The van der Waals surface area contributed by atoms with E-state index in [1.165, 1.54) is 29.5 Å². The van der Waals surface area contributed by atoms with Gasteiger partial charge in [0.15, 0.2) is 5.11 Å². The zero-order valence-electron chi connectivity index (χ0n) is 15.1. The Morgan fingerprint density at radius 1 is 1.15 bits per heavy atom. The summed E-state index contributed by atoms with van der Waals surface area (Å²) in [4.78, 5) is 13.0. The van der Waals surface area contributed by atoms with Crippen LogP contribution in [-0.4, -0.2) is 25.0 Å². The second-order valence-electron chi connectivity index (χ2n) is 6.67. The van der Waals surface area contributed by atoms with Gasteiger partial charge in [0, 0.05) is 22.2 Å². The van der Waals surface area contributed by atoms with Gasteiger partial charge in [-0.3, -0.25) is 10.1 Å². The Bertz CT molecular complexity index is 926. The molecule has 1 amide bonds. The molecule has 3 N–H and O–H groups in total. The lowest BCUT2D eigenvalue weighted by molar-refractivity contribution is -0.115. The molecule has 0 aliphatic rings. The maximum Gasteiger partial charge on any atom is 0.250 e. The van der Waals surface area contributed by atoms with Gasteiger partial charge in [0.1, 0.15) is 0 Å². The van der Waals surface area contributed by atoms with Crippen LogP contribution in [0.1, 0.15) is 25.6 Å². The number of rotatable bonds is 5. The van der Waals surface area contributed by atoms with Gasteiger partial charge in [-0.25, -0.2) is 13.1 Å². The van der Waals surface area contributed by atoms with Crippen LogP contribution in [0, 0.1) is 0 Å². The van der Waals surface area contributed by atoms with E-state index < -0.39 is 15.6 Å². The van der Waals surface area contributed by atoms with Crippen LogP contribution < -0.4 is 15.4 Å². The second-order valence-corrected chi connectivity index (χ2v) is 9.74. The summed E-state index contributed by atoms with van der Waals surface area (Å²) in [6, 6.07) is 9.90. The summed E-state index contributed by atoms with van der Waals surface area (Å²) in [5, 5.41) is 7.43. The fraction of sp³-hybridized carbons (Fsp3) is 0.222. The summed E-state index contributed by atoms with van der Waals surface area (Å²) in [6.07, 6.45) is 3.10. The van der Waals surface area contributed by atoms with Crippen molar-refractivity contribution in [2.24, 2.45) is 0 Å². The molecule has 1 heterocycles. The molecule has 6 nitrogen and oxygen atoms in total. The standard InChI is InChI=1S/C18H21N3O3S3/c1-18(2,3)21-27(23,24)15-9-6-13(7-10-15)19-17(25)20-16(22)11-8-14-5-4-12-26-14/h4-12,21H,1-3H3,(H2,19,20,22,25)/b11-8+. The first-order chi connectivity index (χ1) is 12.5. The predicted molar refractivity (Wildman–Crippen MR) is 114 cm³/mol. The van der Waals surface area contributed by atoms with Gasteiger partial charge in [-0.1, -0.05) is 6.07 Å². The number of sulfonamides is 1. The molecule has 1 aromatic heterocycles. The quantitative estimate of drug-likeness (QED) is 0.507. The molecule has 2 rings (SSSR count). The smallest absolute Gasteiger partial charge is 0.250 e. The van der Waals surface area contributed by atoms with Gasteiger partial charge in [-0.2, -0.15) is 0 Å². The normalized spacial score (nSPS) is 12.1. The summed E-state index contributed by atoms with van der Waals surface area (Å²) >= 11 is 6.62. The number of amides is 1. The third kappa shape index (κ3) is 7.22. The average molecular weight is 424 g/mol. The maximum absolute atomic E-state index is 12.3. The van der Waals surface area contributed by atoms with E-state index in [1.54, 1.807) is 39.0 Å². The van der Waals surface area contributed by atoms with Crippen LogP contribution in [0.3, 0.4) is 0 Å². The molecule has 0 aliphatic heterocycles. The molecule has 0 fully saturated rings. The van der Waals surface area contributed by atoms with Gasteiger partial charge in [0.25, 0.3) is 0 Å². The molecular weight excluding hydrogens is 402 g/mol. The topological polar surface area (TPSA) is 87.3 Å². The monoisotopic (exact) mass is 423 g/mol. The summed E-state index contributed by atoms with van der Waals surface area (Å²) in [7, 11) is -3.60. The highest BCUT2D eigenvalue weighted by atomic mass is 32.2. The van der Waals surface area contributed by atoms with Gasteiger partial charge >= 0.3 is 0 Å². The lowest BCUT2D eigenvalue weighted by Crippen LogP contribution is -2.40. The largest absolute Gasteiger partial charge is 0.332 e. The van der Waals surface area contributed by atoms with Crippen LogP contribution in [0.2, 0.25) is 0 Å². The van der Waals surface area contributed by atoms with E-state index in [0.717, 1.165) is 4.88 Å². The van der Waals surface area contributed by atoms with Gasteiger partial charge in [-0.15, -0.1) is 11.3 Å². The average Bonchev–Trinajstić information content (AvgIpc) is 3.04. The van der Waals surface area contributed by atoms with Gasteiger partial charge < -0.3 is 5.32 Å². The zero-order valence-corrected chi connectivity index (χ0v) is 17.6. The Morgan fingerprint density at radius 2 is 1.81 bits per heavy atom. The third-order valence-corrected chi connectivity index (χ3v) is 5.86. The van der Waals surface area contributed by atoms with Crippen molar-refractivity contribution in [2.75, 3.05) is 5.32 Å². The van der Waals surface area contributed by atoms with Crippen LogP contribution in [-0.2, 0) is 14.8 Å². The zero-order chi connectivity index (χ0) is 20.1. The number of benzene rings is 1. The molecule has 27 heavy (non-hydrogen) atoms. The van der Waals surface area contributed by atoms with Crippen molar-refractivity contribution in [3.63, 3.8) is 0 Å². The van der Waals surface area contributed by atoms with Crippen LogP contribution in [0.4, 0.5) is 5.69 Å². The van der Waals surface area contributed by atoms with E-state index in [-0.39, 0.29) is 15.9 Å². The highest BCUT2D eigenvalue weighted by molar-refractivity contribution is 7.89. The van der Waals surface area contributed by atoms with E-state index in [9.17, 15) is 13.2 Å². The van der Waals surface area contributed by atoms with Crippen molar-refractivity contribution < 1.29 is 13.2 Å². The molecule has 0 radical (unpaired) electrons. The van der Waals surface area contributed by atoms with Gasteiger partial charge in [0.2, 0.25) is 15.9 Å². The number of thiophene rings is 1. The van der Waals surface area contributed by atoms with Crippen LogP contribution in [0.15, 0.2) is 52.7 Å². The van der Waals surface area contributed by atoms with Crippen molar-refractivity contribution in [1.29, 1.82) is 0 Å². The Kier molecular flexibility index (Phi) is 6.88. The first-order valence-electron chi connectivity index (χ1n) is 8.03. The minimum absolute atomic E-state index is 0.124. The molecule has 1 aromatic carbocycles. The number of anilines is 1. The Morgan fingerprint density at radius 3 is 2.37 bits per heavy atom. The van der Waals surface area contributed by atoms with E-state index in [0.29, 0.717) is 5.69 Å². The first-order valence-corrected chi connectivity index (χ1v) is 10.8. The summed E-state index contributed by atoms with van der Waals surface area (Å²) in [5.41, 5.74) is -0.00430.